The molecular weight excluding hydrogens is 1390 g/mol. The van der Waals surface area contributed by atoms with E-state index in [1.807, 2.05) is 31.2 Å². The third kappa shape index (κ3) is 24.1. The SMILES string of the molecule is CCCCCCCCCCCCCCCCCC(=O)N[C@@H](CO[C@@H]1OC(CO)[C@@H](O[C@@H]2OC(CO)[C@H](O[C@@H]3OC(CO)[C@H](O)C(O[C@@H]4OC(CO)[C@H](O)C(O)C4O)C3NC(C)=O)C(O[C@]3(C=O)CC(O)C(NC(C)=O)C([C@H](O)[C@H](O)CO)O3)C2O)C(O)C1O)[C@H](O)/C=C/c1nnc(-c2ccc(C)cc2)[nH]1. The monoisotopic (exact) mass is 1500 g/mol. The van der Waals surface area contributed by atoms with Gasteiger partial charge in [0.25, 0.3) is 0 Å². The van der Waals surface area contributed by atoms with Crippen LogP contribution >= 0.6 is 0 Å². The van der Waals surface area contributed by atoms with Gasteiger partial charge in [-0.1, -0.05) is 133 Å². The zero-order chi connectivity index (χ0) is 76.7. The standard InChI is InChI=1S/C69H112N6O30/c1-5-6-7-8-9-10-11-12-13-14-15-16-17-18-19-20-48(87)72-39(40(84)25-26-47-73-64(75-74-47)38-23-21-35(2)22-24-38)33-96-66-57(94)55(92)59(45(31-79)99-66)101-68-58(95)63(105-69(34-81)27-41(85)49(70-36(3)82)62(104-69)51(88)42(86)28-76)60(46(32-80)100-68)102-65-50(71-37(4)83)61(53(90)44(30-78)97-65)103-67-56(93)54(91)52(89)43(29-77)98-67/h21-26,34,39-46,49-63,65-68,76-80,84-86,88-95H,5-20,27-33H2,1-4H3,(H,70,82)(H,71,83)(H,72,87)(H,73,74,75)/b26-25+/t39-,40+,41?,42+,43?,44?,45?,46?,49?,50?,51+,52-,53-,54?,55?,56?,57?,58?,59+,60-,61?,62?,63?,65-,66+,67-,68-,69-/m0/s1. The van der Waals surface area contributed by atoms with Crippen LogP contribution in [0.3, 0.4) is 0 Å². The lowest BCUT2D eigenvalue weighted by molar-refractivity contribution is -0.400. The Morgan fingerprint density at radius 3 is 1.70 bits per heavy atom. The van der Waals surface area contributed by atoms with Crippen molar-refractivity contribution in [1.29, 1.82) is 0 Å². The zero-order valence-corrected chi connectivity index (χ0v) is 59.7. The molecule has 15 unspecified atom stereocenters. The van der Waals surface area contributed by atoms with Crippen molar-refractivity contribution in [3.05, 3.63) is 41.7 Å². The van der Waals surface area contributed by atoms with Crippen LogP contribution in [0.5, 0.6) is 0 Å². The molecule has 7 rings (SSSR count). The third-order valence-electron chi connectivity index (χ3n) is 19.4. The lowest BCUT2D eigenvalue weighted by Gasteiger charge is -2.52. The van der Waals surface area contributed by atoms with E-state index in [1.165, 1.54) is 69.9 Å². The summed E-state index contributed by atoms with van der Waals surface area (Å²) in [4.78, 5) is 55.9. The molecule has 1 aromatic heterocycles. The highest BCUT2D eigenvalue weighted by molar-refractivity contribution is 5.76. The molecule has 105 heavy (non-hydrogen) atoms. The molecule has 1 aromatic carbocycles. The number of aromatic amines is 1. The van der Waals surface area contributed by atoms with Crippen molar-refractivity contribution in [3.63, 3.8) is 0 Å². The van der Waals surface area contributed by atoms with E-state index in [0.29, 0.717) is 12.2 Å². The highest BCUT2D eigenvalue weighted by Gasteiger charge is 2.60. The summed E-state index contributed by atoms with van der Waals surface area (Å²) < 4.78 is 60.4. The number of amides is 3. The molecule has 598 valence electrons. The minimum atomic E-state index is -2.96. The van der Waals surface area contributed by atoms with Gasteiger partial charge in [0.1, 0.15) is 116 Å². The van der Waals surface area contributed by atoms with Crippen LogP contribution in [0.2, 0.25) is 0 Å². The first-order valence-corrected chi connectivity index (χ1v) is 36.3. The molecular formula is C69H112N6O30. The highest BCUT2D eigenvalue weighted by Crippen LogP contribution is 2.40. The molecule has 5 fully saturated rings. The number of aliphatic hydroxyl groups is 16. The summed E-state index contributed by atoms with van der Waals surface area (Å²) in [6, 6.07) is 2.70. The maximum absolute atomic E-state index is 13.6. The van der Waals surface area contributed by atoms with E-state index < -0.39 is 235 Å². The van der Waals surface area contributed by atoms with Crippen molar-refractivity contribution in [3.8, 4) is 11.4 Å². The number of hydrogen-bond acceptors (Lipinski definition) is 32. The minimum Gasteiger partial charge on any atom is -0.394 e. The molecule has 0 spiro atoms. The predicted molar refractivity (Wildman–Crippen MR) is 362 cm³/mol. The largest absolute Gasteiger partial charge is 0.394 e. The second-order valence-electron chi connectivity index (χ2n) is 27.7. The fourth-order valence-corrected chi connectivity index (χ4v) is 13.5. The number of aryl methyl sites for hydroxylation is 1. The van der Waals surface area contributed by atoms with Crippen LogP contribution in [0, 0.1) is 6.92 Å². The summed E-state index contributed by atoms with van der Waals surface area (Å²) in [7, 11) is 0. The Bertz CT molecular complexity index is 2930. The smallest absolute Gasteiger partial charge is 0.229 e. The van der Waals surface area contributed by atoms with Crippen molar-refractivity contribution >= 4 is 30.1 Å². The van der Waals surface area contributed by atoms with Crippen molar-refractivity contribution in [2.24, 2.45) is 0 Å². The Kier molecular flexibility index (Phi) is 35.7. The molecule has 5 aliphatic heterocycles. The summed E-state index contributed by atoms with van der Waals surface area (Å²) in [5.74, 6) is -4.45. The normalized spacial score (nSPS) is 35.0. The number of aldehydes is 1. The summed E-state index contributed by atoms with van der Waals surface area (Å²) in [5, 5.41) is 194. The van der Waals surface area contributed by atoms with Gasteiger partial charge in [-0.05, 0) is 19.4 Å². The maximum atomic E-state index is 13.6. The van der Waals surface area contributed by atoms with Crippen molar-refractivity contribution < 1.29 is 148 Å². The van der Waals surface area contributed by atoms with Crippen LogP contribution in [0.15, 0.2) is 30.3 Å². The van der Waals surface area contributed by atoms with Gasteiger partial charge >= 0.3 is 0 Å². The van der Waals surface area contributed by atoms with E-state index in [0.717, 1.165) is 57.1 Å². The van der Waals surface area contributed by atoms with Crippen LogP contribution in [0.1, 0.15) is 141 Å². The number of aromatic nitrogens is 3. The Morgan fingerprint density at radius 2 is 1.11 bits per heavy atom. The lowest BCUT2D eigenvalue weighted by atomic mass is 9.88. The fraction of sp³-hybridized carbons (Fsp3) is 0.797. The second kappa shape index (κ2) is 42.9. The van der Waals surface area contributed by atoms with Gasteiger partial charge in [0.05, 0.1) is 63.9 Å². The fourth-order valence-electron chi connectivity index (χ4n) is 13.5. The van der Waals surface area contributed by atoms with E-state index >= 15 is 0 Å². The summed E-state index contributed by atoms with van der Waals surface area (Å²) in [6.07, 6.45) is -29.9. The van der Waals surface area contributed by atoms with Crippen LogP contribution in [0.4, 0.5) is 0 Å². The molecule has 5 saturated heterocycles. The number of hydrogen-bond donors (Lipinski definition) is 20. The molecule has 36 heteroatoms. The molecule has 36 nitrogen and oxygen atoms in total. The molecule has 0 saturated carbocycles. The molecule has 5 aliphatic rings. The molecule has 0 aliphatic carbocycles. The van der Waals surface area contributed by atoms with Crippen LogP contribution in [0.25, 0.3) is 17.5 Å². The Hall–Kier alpha value is -4.86. The number of H-pyrrole nitrogens is 1. The average molecular weight is 1510 g/mol. The van der Waals surface area contributed by atoms with E-state index in [1.54, 1.807) is 0 Å². The van der Waals surface area contributed by atoms with Gasteiger partial charge in [0, 0.05) is 32.3 Å². The van der Waals surface area contributed by atoms with Crippen molar-refractivity contribution in [2.45, 2.75) is 308 Å². The molecule has 6 heterocycles. The first-order chi connectivity index (χ1) is 50.3. The number of aliphatic hydroxyl groups excluding tert-OH is 16. The second-order valence-corrected chi connectivity index (χ2v) is 27.7. The number of nitrogens with zero attached hydrogens (tertiary/aromatic N) is 2. The molecule has 0 bridgehead atoms. The average Bonchev–Trinajstić information content (AvgIpc) is 1.06. The number of rotatable bonds is 42. The summed E-state index contributed by atoms with van der Waals surface area (Å²) in [6.45, 7) is 0.133. The maximum Gasteiger partial charge on any atom is 0.229 e. The third-order valence-corrected chi connectivity index (χ3v) is 19.4. The minimum absolute atomic E-state index is 0.0728. The van der Waals surface area contributed by atoms with E-state index in [4.69, 9.17) is 47.4 Å². The highest BCUT2D eigenvalue weighted by atomic mass is 16.8. The first kappa shape index (κ1) is 87.4. The lowest BCUT2D eigenvalue weighted by Crippen LogP contribution is -2.71. The number of benzene rings is 1. The Balaban J connectivity index is 1.12. The van der Waals surface area contributed by atoms with E-state index in [-0.39, 0.29) is 18.5 Å². The van der Waals surface area contributed by atoms with Crippen LogP contribution in [-0.2, 0) is 66.5 Å². The van der Waals surface area contributed by atoms with E-state index in [9.17, 15) is 101 Å². The number of unbranched alkanes of at least 4 members (excludes halogenated alkanes) is 14. The zero-order valence-electron chi connectivity index (χ0n) is 59.7. The first-order valence-electron chi connectivity index (χ1n) is 36.3. The van der Waals surface area contributed by atoms with Crippen LogP contribution in [-0.4, -0.2) is 332 Å². The molecule has 28 atom stereocenters. The number of carbonyl (C=O) groups is 4. The Morgan fingerprint density at radius 1 is 0.600 bits per heavy atom. The number of carbonyl (C=O) groups excluding carboxylic acids is 4. The number of nitrogens with one attached hydrogen (secondary N) is 4. The topological polar surface area (TPSA) is 562 Å². The van der Waals surface area contributed by atoms with Gasteiger partial charge < -0.3 is 150 Å². The van der Waals surface area contributed by atoms with Crippen molar-refractivity contribution in [1.82, 2.24) is 31.1 Å². The molecule has 2 aromatic rings. The quantitative estimate of drug-likeness (QED) is 0.0221. The van der Waals surface area contributed by atoms with Gasteiger partial charge in [0.2, 0.25) is 23.5 Å². The summed E-state index contributed by atoms with van der Waals surface area (Å²) >= 11 is 0. The van der Waals surface area contributed by atoms with Gasteiger partial charge in [-0.25, -0.2) is 0 Å². The molecule has 3 amide bonds. The van der Waals surface area contributed by atoms with Gasteiger partial charge in [-0.2, -0.15) is 0 Å². The summed E-state index contributed by atoms with van der Waals surface area (Å²) in [5.41, 5.74) is 1.76. The van der Waals surface area contributed by atoms with Crippen molar-refractivity contribution in [2.75, 3.05) is 39.6 Å². The molecule has 20 N–H and O–H groups in total. The van der Waals surface area contributed by atoms with Gasteiger partial charge in [0.15, 0.2) is 43.1 Å². The molecule has 0 radical (unpaired) electrons. The number of ether oxygens (including phenoxy) is 10. The van der Waals surface area contributed by atoms with Gasteiger partial charge in [-0.3, -0.25) is 19.2 Å². The van der Waals surface area contributed by atoms with Crippen LogP contribution < -0.4 is 16.0 Å². The predicted octanol–water partition coefficient (Wildman–Crippen LogP) is -4.38. The van der Waals surface area contributed by atoms with Gasteiger partial charge in [-0.15, -0.1) is 10.2 Å². The Labute approximate surface area is 608 Å². The van der Waals surface area contributed by atoms with E-state index in [2.05, 4.69) is 38.1 Å².